The number of carbonyl (C=O) groups excluding carboxylic acids is 1. The molecule has 4 rings (SSSR count). The van der Waals surface area contributed by atoms with Crippen molar-refractivity contribution in [2.45, 2.75) is 70.9 Å². The normalized spacial score (nSPS) is 12.2. The summed E-state index contributed by atoms with van der Waals surface area (Å²) in [5, 5.41) is 24.0. The Labute approximate surface area is 298 Å². The average Bonchev–Trinajstić information content (AvgIpc) is 3.09. The van der Waals surface area contributed by atoms with E-state index in [1.165, 1.54) is 12.1 Å². The van der Waals surface area contributed by atoms with Crippen LogP contribution in [-0.4, -0.2) is 59.5 Å². The molecule has 1 aromatic heterocycles. The number of ether oxygens (including phenoxy) is 3. The van der Waals surface area contributed by atoms with Gasteiger partial charge in [0, 0.05) is 43.0 Å². The molecule has 0 aliphatic carbocycles. The standard InChI is InChI=1S/C40H46FN3O7/c1-40(2,3)51-39(48)42-22-10-24-49-33-20-14-28(15-21-33)25-35(38(46)47)43-36(45)13-8-5-9-23-50-37-27-31(29-11-6-4-7-12-29)26-34(44-37)30-16-18-32(41)19-17-30/h4,6-7,11-12,14-21,26-27,35H,5,8-10,13,22-25H2,1-3H3,(H,42,48)(H,43,45)(H,46,47)/p-1. The second kappa shape index (κ2) is 19.1. The molecule has 10 nitrogen and oxygen atoms in total. The van der Waals surface area contributed by atoms with Gasteiger partial charge in [0.05, 0.1) is 18.9 Å². The molecular weight excluding hydrogens is 653 g/mol. The van der Waals surface area contributed by atoms with Crippen molar-refractivity contribution in [3.05, 3.63) is 102 Å². The number of hydrogen-bond donors (Lipinski definition) is 2. The van der Waals surface area contributed by atoms with Crippen molar-refractivity contribution in [2.24, 2.45) is 4.99 Å². The van der Waals surface area contributed by atoms with E-state index in [0.29, 0.717) is 56.2 Å². The summed E-state index contributed by atoms with van der Waals surface area (Å²) in [6.45, 7) is 6.35. The first-order chi connectivity index (χ1) is 24.4. The highest BCUT2D eigenvalue weighted by Crippen LogP contribution is 2.29. The molecule has 4 aromatic rings. The van der Waals surface area contributed by atoms with Crippen LogP contribution in [0.3, 0.4) is 0 Å². The zero-order valence-electron chi connectivity index (χ0n) is 29.3. The van der Waals surface area contributed by atoms with Gasteiger partial charge < -0.3 is 29.7 Å². The summed E-state index contributed by atoms with van der Waals surface area (Å²) in [6.07, 6.45) is 2.18. The SMILES string of the molecule is CC(C)(C)OC([O-])=NCCCOc1ccc(CC(NC(=O)CCCCCOc2cc(-c3ccccc3)cc(-c3ccc(F)cc3)n2)C(=O)O)cc1. The molecule has 0 bridgehead atoms. The smallest absolute Gasteiger partial charge is 0.326 e. The number of benzene rings is 3. The van der Waals surface area contributed by atoms with Crippen LogP contribution in [0.25, 0.3) is 22.4 Å². The predicted molar refractivity (Wildman–Crippen MR) is 192 cm³/mol. The number of aliphatic carboxylic acids is 1. The third-order valence-corrected chi connectivity index (χ3v) is 7.55. The van der Waals surface area contributed by atoms with Gasteiger partial charge in [0.15, 0.2) is 0 Å². The maximum absolute atomic E-state index is 13.5. The highest BCUT2D eigenvalue weighted by atomic mass is 19.1. The van der Waals surface area contributed by atoms with Crippen LogP contribution in [-0.2, 0) is 20.7 Å². The minimum atomic E-state index is -1.11. The molecule has 11 heteroatoms. The van der Waals surface area contributed by atoms with Gasteiger partial charge in [-0.3, -0.25) is 9.79 Å². The van der Waals surface area contributed by atoms with Gasteiger partial charge in [-0.2, -0.15) is 0 Å². The summed E-state index contributed by atoms with van der Waals surface area (Å²) in [6, 6.07) is 25.7. The van der Waals surface area contributed by atoms with Crippen molar-refractivity contribution < 1.29 is 38.4 Å². The summed E-state index contributed by atoms with van der Waals surface area (Å²) in [5.74, 6) is -0.720. The Morgan fingerprint density at radius 3 is 2.25 bits per heavy atom. The summed E-state index contributed by atoms with van der Waals surface area (Å²) < 4.78 is 30.3. The van der Waals surface area contributed by atoms with Gasteiger partial charge in [0.1, 0.15) is 23.7 Å². The van der Waals surface area contributed by atoms with Crippen LogP contribution in [0.15, 0.2) is 96.0 Å². The van der Waals surface area contributed by atoms with E-state index in [2.05, 4.69) is 15.3 Å². The molecule has 0 aliphatic rings. The summed E-state index contributed by atoms with van der Waals surface area (Å²) in [4.78, 5) is 33.0. The molecule has 2 N–H and O–H groups in total. The van der Waals surface area contributed by atoms with Crippen molar-refractivity contribution in [2.75, 3.05) is 19.8 Å². The van der Waals surface area contributed by atoms with E-state index < -0.39 is 23.7 Å². The maximum atomic E-state index is 13.5. The number of carboxylic acid groups (broad SMARTS) is 1. The summed E-state index contributed by atoms with van der Waals surface area (Å²) >= 11 is 0. The molecular formula is C40H45FN3O7-. The Kier molecular flexibility index (Phi) is 14.3. The van der Waals surface area contributed by atoms with E-state index in [0.717, 1.165) is 22.3 Å². The van der Waals surface area contributed by atoms with E-state index in [4.69, 9.17) is 14.2 Å². The van der Waals surface area contributed by atoms with E-state index in [-0.39, 0.29) is 31.1 Å². The zero-order valence-corrected chi connectivity index (χ0v) is 29.3. The molecule has 51 heavy (non-hydrogen) atoms. The van der Waals surface area contributed by atoms with Gasteiger partial charge in [-0.05, 0) is 78.4 Å². The van der Waals surface area contributed by atoms with Gasteiger partial charge in [0.2, 0.25) is 11.8 Å². The van der Waals surface area contributed by atoms with Gasteiger partial charge in [-0.15, -0.1) is 0 Å². The lowest BCUT2D eigenvalue weighted by Crippen LogP contribution is -2.42. The number of pyridine rings is 1. The topological polar surface area (TPSA) is 142 Å². The average molecular weight is 699 g/mol. The fourth-order valence-electron chi connectivity index (χ4n) is 5.03. The Bertz CT molecular complexity index is 1720. The monoisotopic (exact) mass is 698 g/mol. The number of halogens is 1. The van der Waals surface area contributed by atoms with Gasteiger partial charge in [-0.1, -0.05) is 63.2 Å². The molecule has 1 atom stereocenters. The van der Waals surface area contributed by atoms with Gasteiger partial charge in [0.25, 0.3) is 0 Å². The first-order valence-electron chi connectivity index (χ1n) is 17.1. The van der Waals surface area contributed by atoms with Gasteiger partial charge in [-0.25, -0.2) is 14.2 Å². The number of hydrogen-bond acceptors (Lipinski definition) is 8. The molecule has 0 aliphatic heterocycles. The molecule has 0 saturated carbocycles. The fraction of sp³-hybridized carbons (Fsp3) is 0.350. The third-order valence-electron chi connectivity index (χ3n) is 7.55. The molecule has 0 spiro atoms. The van der Waals surface area contributed by atoms with Crippen molar-refractivity contribution in [1.82, 2.24) is 10.3 Å². The molecule has 3 aromatic carbocycles. The minimum Gasteiger partial charge on any atom is -0.595 e. The van der Waals surface area contributed by atoms with E-state index in [9.17, 15) is 24.2 Å². The molecule has 270 valence electrons. The number of unbranched alkanes of at least 4 members (excludes halogenated alkanes) is 2. The Hall–Kier alpha value is -5.45. The van der Waals surface area contributed by atoms with Crippen molar-refractivity contribution in [3.8, 4) is 34.0 Å². The Balaban J connectivity index is 1.18. The predicted octanol–water partition coefficient (Wildman–Crippen LogP) is 6.61. The highest BCUT2D eigenvalue weighted by Gasteiger charge is 2.20. The number of aliphatic imine (C=N–C) groups is 1. The van der Waals surface area contributed by atoms with E-state index in [1.807, 2.05) is 42.5 Å². The molecule has 1 amide bonds. The second-order valence-electron chi connectivity index (χ2n) is 13.0. The van der Waals surface area contributed by atoms with E-state index in [1.54, 1.807) is 57.2 Å². The second-order valence-corrected chi connectivity index (χ2v) is 13.0. The van der Waals surface area contributed by atoms with Crippen LogP contribution in [0.1, 0.15) is 58.4 Å². The number of nitrogens with one attached hydrogen (secondary N) is 1. The van der Waals surface area contributed by atoms with Crippen molar-refractivity contribution in [1.29, 1.82) is 0 Å². The lowest BCUT2D eigenvalue weighted by atomic mass is 10.0. The van der Waals surface area contributed by atoms with Crippen LogP contribution >= 0.6 is 0 Å². The highest BCUT2D eigenvalue weighted by molar-refractivity contribution is 5.83. The van der Waals surface area contributed by atoms with Crippen LogP contribution in [0, 0.1) is 5.82 Å². The summed E-state index contributed by atoms with van der Waals surface area (Å²) in [7, 11) is 0. The molecule has 1 heterocycles. The number of nitrogens with zero attached hydrogens (tertiary/aromatic N) is 2. The number of carbonyl (C=O) groups is 2. The van der Waals surface area contributed by atoms with Crippen LogP contribution in [0.5, 0.6) is 11.6 Å². The van der Waals surface area contributed by atoms with Crippen LogP contribution < -0.4 is 19.9 Å². The van der Waals surface area contributed by atoms with Crippen molar-refractivity contribution in [3.63, 3.8) is 0 Å². The molecule has 1 unspecified atom stereocenters. The first-order valence-corrected chi connectivity index (χ1v) is 17.1. The Morgan fingerprint density at radius 1 is 0.863 bits per heavy atom. The minimum absolute atomic E-state index is 0.124. The molecule has 0 radical (unpaired) electrons. The third kappa shape index (κ3) is 13.8. The zero-order chi connectivity index (χ0) is 36.6. The van der Waals surface area contributed by atoms with Crippen LogP contribution in [0.2, 0.25) is 0 Å². The van der Waals surface area contributed by atoms with Gasteiger partial charge >= 0.3 is 5.97 Å². The lowest BCUT2D eigenvalue weighted by molar-refractivity contribution is -0.260. The largest absolute Gasteiger partial charge is 0.595 e. The first kappa shape index (κ1) is 38.4. The maximum Gasteiger partial charge on any atom is 0.326 e. The quantitative estimate of drug-likeness (QED) is 0.0672. The van der Waals surface area contributed by atoms with Crippen molar-refractivity contribution >= 4 is 18.0 Å². The number of aromatic nitrogens is 1. The number of carboxylic acids is 1. The van der Waals surface area contributed by atoms with Crippen LogP contribution in [0.4, 0.5) is 4.39 Å². The fourth-order valence-corrected chi connectivity index (χ4v) is 5.03. The Morgan fingerprint density at radius 2 is 1.57 bits per heavy atom. The number of amides is 1. The van der Waals surface area contributed by atoms with E-state index >= 15 is 0 Å². The molecule has 0 saturated heterocycles. The molecule has 0 fully saturated rings. The summed E-state index contributed by atoms with van der Waals surface area (Å²) in [5.41, 5.74) is 3.51. The number of rotatable bonds is 18. The lowest BCUT2D eigenvalue weighted by Gasteiger charge is -2.29.